The second kappa shape index (κ2) is 9.73. The predicted octanol–water partition coefficient (Wildman–Crippen LogP) is 0.714. The third-order valence-corrected chi connectivity index (χ3v) is 2.01. The summed E-state index contributed by atoms with van der Waals surface area (Å²) in [5.41, 5.74) is 0. The van der Waals surface area contributed by atoms with Gasteiger partial charge in [-0.2, -0.15) is 0 Å². The summed E-state index contributed by atoms with van der Waals surface area (Å²) in [7, 11) is 0. The Labute approximate surface area is 122 Å². The minimum atomic E-state index is -1.00. The van der Waals surface area contributed by atoms with Gasteiger partial charge in [0.25, 0.3) is 0 Å². The fraction of sp³-hybridized carbons (Fsp3) is 0.692. The van der Waals surface area contributed by atoms with Crippen molar-refractivity contribution in [2.75, 3.05) is 6.61 Å². The highest BCUT2D eigenvalue weighted by molar-refractivity contribution is 5.77. The lowest BCUT2D eigenvalue weighted by molar-refractivity contribution is -0.183. The largest absolute Gasteiger partial charge is 0.462 e. The van der Waals surface area contributed by atoms with Crippen molar-refractivity contribution in [3.05, 3.63) is 0 Å². The van der Waals surface area contributed by atoms with Crippen LogP contribution in [0.25, 0.3) is 0 Å². The van der Waals surface area contributed by atoms with Crippen LogP contribution in [-0.2, 0) is 38.1 Å². The number of carbonyl (C=O) groups is 4. The van der Waals surface area contributed by atoms with E-state index in [-0.39, 0.29) is 19.4 Å². The first-order valence-electron chi connectivity index (χ1n) is 6.40. The summed E-state index contributed by atoms with van der Waals surface area (Å²) in [5.74, 6) is -2.35. The van der Waals surface area contributed by atoms with E-state index in [1.165, 1.54) is 20.8 Å². The Morgan fingerprint density at radius 2 is 1.33 bits per heavy atom. The van der Waals surface area contributed by atoms with Gasteiger partial charge in [0.05, 0.1) is 12.8 Å². The zero-order valence-electron chi connectivity index (χ0n) is 12.5. The van der Waals surface area contributed by atoms with Crippen LogP contribution in [-0.4, -0.2) is 42.9 Å². The smallest absolute Gasteiger partial charge is 0.309 e. The molecule has 0 spiro atoms. The Hall–Kier alpha value is -2.12. The Kier molecular flexibility index (Phi) is 8.75. The molecule has 0 radical (unpaired) electrons. The normalized spacial score (nSPS) is 12.8. The molecule has 0 N–H and O–H groups in total. The molecule has 8 heteroatoms. The van der Waals surface area contributed by atoms with Crippen LogP contribution in [0.15, 0.2) is 0 Å². The van der Waals surface area contributed by atoms with Crippen molar-refractivity contribution in [3.8, 4) is 0 Å². The van der Waals surface area contributed by atoms with Crippen LogP contribution in [0, 0.1) is 0 Å². The fourth-order valence-corrected chi connectivity index (χ4v) is 1.31. The molecule has 2 atom stereocenters. The monoisotopic (exact) mass is 304 g/mol. The minimum absolute atomic E-state index is 0.0860. The maximum atomic E-state index is 11.3. The molecule has 0 aromatic carbocycles. The van der Waals surface area contributed by atoms with Crippen LogP contribution < -0.4 is 0 Å². The third kappa shape index (κ3) is 11.4. The second-order valence-electron chi connectivity index (χ2n) is 4.27. The average Bonchev–Trinajstić information content (AvgIpc) is 2.31. The molecule has 0 fully saturated rings. The van der Waals surface area contributed by atoms with Gasteiger partial charge in [-0.3, -0.25) is 19.2 Å². The van der Waals surface area contributed by atoms with Crippen molar-refractivity contribution in [1.29, 1.82) is 0 Å². The summed E-state index contributed by atoms with van der Waals surface area (Å²) in [6.45, 7) is 5.31. The molecule has 0 aliphatic rings. The van der Waals surface area contributed by atoms with Gasteiger partial charge in [-0.1, -0.05) is 0 Å². The zero-order valence-corrected chi connectivity index (χ0v) is 12.5. The average molecular weight is 304 g/mol. The molecule has 0 saturated heterocycles. The second-order valence-corrected chi connectivity index (χ2v) is 4.27. The van der Waals surface area contributed by atoms with Crippen LogP contribution in [0.4, 0.5) is 0 Å². The van der Waals surface area contributed by atoms with Crippen LogP contribution >= 0.6 is 0 Å². The van der Waals surface area contributed by atoms with Crippen LogP contribution in [0.5, 0.6) is 0 Å². The lowest BCUT2D eigenvalue weighted by Gasteiger charge is -2.13. The molecule has 0 heterocycles. The first kappa shape index (κ1) is 18.9. The van der Waals surface area contributed by atoms with E-state index in [2.05, 4.69) is 4.74 Å². The number of ether oxygens (including phenoxy) is 4. The van der Waals surface area contributed by atoms with Gasteiger partial charge in [0.15, 0.2) is 0 Å². The van der Waals surface area contributed by atoms with E-state index < -0.39 is 36.3 Å². The Balaban J connectivity index is 3.84. The van der Waals surface area contributed by atoms with Gasteiger partial charge in [-0.15, -0.1) is 0 Å². The molecule has 0 saturated carbocycles. The SMILES string of the molecule is CC(=O)OC(C)COC(=O)CCC(=O)OC(C)OC(C)=O. The Morgan fingerprint density at radius 1 is 0.810 bits per heavy atom. The van der Waals surface area contributed by atoms with Crippen LogP contribution in [0.2, 0.25) is 0 Å². The molecule has 0 amide bonds. The summed E-state index contributed by atoms with van der Waals surface area (Å²) in [6.07, 6.45) is -1.94. The number of hydrogen-bond acceptors (Lipinski definition) is 8. The molecular formula is C13H20O8. The highest BCUT2D eigenvalue weighted by atomic mass is 16.7. The van der Waals surface area contributed by atoms with Crippen LogP contribution in [0.3, 0.4) is 0 Å². The van der Waals surface area contributed by atoms with Crippen molar-refractivity contribution < 1.29 is 38.1 Å². The Bertz CT molecular complexity index is 390. The summed E-state index contributed by atoms with van der Waals surface area (Å²) in [6, 6.07) is 0. The summed E-state index contributed by atoms with van der Waals surface area (Å²) >= 11 is 0. The number of hydrogen-bond donors (Lipinski definition) is 0. The molecule has 0 aromatic heterocycles. The quantitative estimate of drug-likeness (QED) is 0.367. The first-order chi connectivity index (χ1) is 9.70. The van der Waals surface area contributed by atoms with Gasteiger partial charge in [0.1, 0.15) is 12.7 Å². The van der Waals surface area contributed by atoms with E-state index in [1.807, 2.05) is 0 Å². The molecule has 120 valence electrons. The van der Waals surface area contributed by atoms with Gasteiger partial charge in [-0.25, -0.2) is 0 Å². The van der Waals surface area contributed by atoms with Gasteiger partial charge in [0, 0.05) is 20.8 Å². The van der Waals surface area contributed by atoms with E-state index >= 15 is 0 Å². The highest BCUT2D eigenvalue weighted by Gasteiger charge is 2.15. The zero-order chi connectivity index (χ0) is 16.4. The molecule has 0 bridgehead atoms. The molecule has 21 heavy (non-hydrogen) atoms. The maximum absolute atomic E-state index is 11.3. The van der Waals surface area contributed by atoms with Crippen molar-refractivity contribution in [3.63, 3.8) is 0 Å². The molecule has 0 rings (SSSR count). The first-order valence-corrected chi connectivity index (χ1v) is 6.40. The summed E-state index contributed by atoms with van der Waals surface area (Å²) < 4.78 is 18.9. The topological polar surface area (TPSA) is 105 Å². The Morgan fingerprint density at radius 3 is 1.86 bits per heavy atom. The van der Waals surface area contributed by atoms with E-state index in [4.69, 9.17) is 14.2 Å². The lowest BCUT2D eigenvalue weighted by Crippen LogP contribution is -2.23. The fourth-order valence-electron chi connectivity index (χ4n) is 1.31. The van der Waals surface area contributed by atoms with Gasteiger partial charge in [-0.05, 0) is 6.92 Å². The molecule has 0 aliphatic carbocycles. The minimum Gasteiger partial charge on any atom is -0.462 e. The molecule has 2 unspecified atom stereocenters. The molecule has 0 aromatic rings. The predicted molar refractivity (Wildman–Crippen MR) is 68.7 cm³/mol. The van der Waals surface area contributed by atoms with Crippen LogP contribution in [0.1, 0.15) is 40.5 Å². The standard InChI is InChI=1S/C13H20O8/c1-8(19-9(2)14)7-18-12(16)5-6-13(17)21-11(4)20-10(3)15/h8,11H,5-7H2,1-4H3. The van der Waals surface area contributed by atoms with E-state index in [9.17, 15) is 19.2 Å². The maximum Gasteiger partial charge on any atom is 0.309 e. The number of rotatable bonds is 8. The molecule has 8 nitrogen and oxygen atoms in total. The van der Waals surface area contributed by atoms with Gasteiger partial charge in [0.2, 0.25) is 6.29 Å². The highest BCUT2D eigenvalue weighted by Crippen LogP contribution is 2.02. The van der Waals surface area contributed by atoms with Gasteiger partial charge < -0.3 is 18.9 Å². The van der Waals surface area contributed by atoms with Crippen molar-refractivity contribution in [2.24, 2.45) is 0 Å². The lowest BCUT2D eigenvalue weighted by atomic mass is 10.3. The van der Waals surface area contributed by atoms with Gasteiger partial charge >= 0.3 is 23.9 Å². The van der Waals surface area contributed by atoms with E-state index in [1.54, 1.807) is 6.92 Å². The summed E-state index contributed by atoms with van der Waals surface area (Å²) in [5, 5.41) is 0. The third-order valence-electron chi connectivity index (χ3n) is 2.01. The van der Waals surface area contributed by atoms with E-state index in [0.29, 0.717) is 0 Å². The van der Waals surface area contributed by atoms with Crippen molar-refractivity contribution in [2.45, 2.75) is 52.9 Å². The molecular weight excluding hydrogens is 284 g/mol. The van der Waals surface area contributed by atoms with Crippen molar-refractivity contribution >= 4 is 23.9 Å². The van der Waals surface area contributed by atoms with E-state index in [0.717, 1.165) is 0 Å². The number of carbonyl (C=O) groups excluding carboxylic acids is 4. The summed E-state index contributed by atoms with van der Waals surface area (Å²) in [4.78, 5) is 43.9. The number of esters is 4. The molecule has 0 aliphatic heterocycles. The van der Waals surface area contributed by atoms with Crippen molar-refractivity contribution in [1.82, 2.24) is 0 Å².